The predicted molar refractivity (Wildman–Crippen MR) is 123 cm³/mol. The summed E-state index contributed by atoms with van der Waals surface area (Å²) in [4.78, 5) is 36.6. The van der Waals surface area contributed by atoms with E-state index in [2.05, 4.69) is 19.2 Å². The highest BCUT2D eigenvalue weighted by atomic mass is 16.6. The van der Waals surface area contributed by atoms with E-state index in [1.807, 2.05) is 25.1 Å². The molecule has 0 atom stereocenters. The highest BCUT2D eigenvalue weighted by molar-refractivity contribution is 5.96. The van der Waals surface area contributed by atoms with E-state index in [1.54, 1.807) is 12.1 Å². The Balaban J connectivity index is 1.65. The van der Waals surface area contributed by atoms with E-state index in [0.29, 0.717) is 23.7 Å². The molecule has 174 valence electrons. The number of hydrogen-bond donors (Lipinski definition) is 1. The van der Waals surface area contributed by atoms with E-state index in [4.69, 9.17) is 18.6 Å². The molecule has 1 amide bonds. The zero-order chi connectivity index (χ0) is 24.0. The van der Waals surface area contributed by atoms with E-state index >= 15 is 0 Å². The molecule has 0 aliphatic rings. The molecule has 8 heteroatoms. The lowest BCUT2D eigenvalue weighted by atomic mass is 9.98. The van der Waals surface area contributed by atoms with Crippen LogP contribution < -0.4 is 20.4 Å². The minimum atomic E-state index is -0.788. The van der Waals surface area contributed by atoms with Gasteiger partial charge in [0.2, 0.25) is 0 Å². The van der Waals surface area contributed by atoms with Gasteiger partial charge in [0.15, 0.2) is 6.61 Å². The second-order valence-electron chi connectivity index (χ2n) is 7.83. The average molecular weight is 453 g/mol. The highest BCUT2D eigenvalue weighted by Crippen LogP contribution is 2.24. The predicted octanol–water partition coefficient (Wildman–Crippen LogP) is 3.59. The van der Waals surface area contributed by atoms with Crippen LogP contribution in [0.15, 0.2) is 51.7 Å². The van der Waals surface area contributed by atoms with Crippen LogP contribution in [0, 0.1) is 6.92 Å². The summed E-state index contributed by atoms with van der Waals surface area (Å²) in [5.74, 6) is 0.0269. The van der Waals surface area contributed by atoms with Crippen molar-refractivity contribution in [3.8, 4) is 11.5 Å². The van der Waals surface area contributed by atoms with Gasteiger partial charge in [-0.1, -0.05) is 19.9 Å². The number of rotatable bonds is 9. The third-order valence-electron chi connectivity index (χ3n) is 5.00. The van der Waals surface area contributed by atoms with E-state index in [0.717, 1.165) is 5.56 Å². The van der Waals surface area contributed by atoms with Crippen LogP contribution in [0.5, 0.6) is 11.5 Å². The highest BCUT2D eigenvalue weighted by Gasteiger charge is 2.15. The molecule has 0 saturated heterocycles. The number of aryl methyl sites for hydroxylation is 1. The Morgan fingerprint density at radius 2 is 1.82 bits per heavy atom. The molecule has 0 radical (unpaired) electrons. The van der Waals surface area contributed by atoms with Gasteiger partial charge in [-0.25, -0.2) is 9.59 Å². The number of hydrogen-bond acceptors (Lipinski definition) is 7. The molecule has 0 saturated carbocycles. The number of nitrogens with one attached hydrogen (secondary N) is 1. The summed E-state index contributed by atoms with van der Waals surface area (Å²) in [6, 6.07) is 11.7. The van der Waals surface area contributed by atoms with Crippen molar-refractivity contribution in [2.45, 2.75) is 26.7 Å². The normalized spacial score (nSPS) is 10.9. The van der Waals surface area contributed by atoms with Crippen LogP contribution in [0.1, 0.15) is 41.3 Å². The first-order valence-corrected chi connectivity index (χ1v) is 10.6. The molecule has 8 nitrogen and oxygen atoms in total. The zero-order valence-electron chi connectivity index (χ0n) is 19.1. The van der Waals surface area contributed by atoms with Crippen molar-refractivity contribution in [3.63, 3.8) is 0 Å². The lowest BCUT2D eigenvalue weighted by Gasteiger charge is -2.12. The average Bonchev–Trinajstić information content (AvgIpc) is 2.77. The summed E-state index contributed by atoms with van der Waals surface area (Å²) in [5.41, 5.74) is 1.60. The standard InChI is InChI=1S/C25H27NO7/c1-15(2)20-8-7-18(11-16(20)3)31-14-23(27)32-19-6-5-17-12-21(24(28)26-9-10-30-4)25(29)33-22(17)13-19/h5-8,11-13,15H,9-10,14H2,1-4H3,(H,26,28). The number of carbonyl (C=O) groups is 2. The Bertz CT molecular complexity index is 1210. The summed E-state index contributed by atoms with van der Waals surface area (Å²) >= 11 is 0. The molecule has 0 fully saturated rings. The van der Waals surface area contributed by atoms with Crippen LogP contribution in [-0.2, 0) is 9.53 Å². The molecule has 3 rings (SSSR count). The first-order valence-electron chi connectivity index (χ1n) is 10.6. The van der Waals surface area contributed by atoms with Crippen molar-refractivity contribution < 1.29 is 28.2 Å². The summed E-state index contributed by atoms with van der Waals surface area (Å²) in [5, 5.41) is 3.09. The van der Waals surface area contributed by atoms with Crippen LogP contribution in [0.4, 0.5) is 0 Å². The van der Waals surface area contributed by atoms with Crippen molar-refractivity contribution in [1.82, 2.24) is 5.32 Å². The first kappa shape index (κ1) is 24.0. The van der Waals surface area contributed by atoms with E-state index < -0.39 is 17.5 Å². The van der Waals surface area contributed by atoms with Gasteiger partial charge in [-0.3, -0.25) is 4.79 Å². The van der Waals surface area contributed by atoms with E-state index in [1.165, 1.54) is 24.8 Å². The van der Waals surface area contributed by atoms with Gasteiger partial charge in [-0.05, 0) is 54.3 Å². The van der Waals surface area contributed by atoms with E-state index in [9.17, 15) is 14.4 Å². The Hall–Kier alpha value is -3.65. The van der Waals surface area contributed by atoms with Gasteiger partial charge in [0, 0.05) is 25.1 Å². The van der Waals surface area contributed by atoms with Crippen LogP contribution in [0.2, 0.25) is 0 Å². The van der Waals surface area contributed by atoms with Gasteiger partial charge >= 0.3 is 11.6 Å². The summed E-state index contributed by atoms with van der Waals surface area (Å²) in [6.45, 7) is 6.55. The Morgan fingerprint density at radius 1 is 1.06 bits per heavy atom. The van der Waals surface area contributed by atoms with Gasteiger partial charge < -0.3 is 23.9 Å². The fraction of sp³-hybridized carbons (Fsp3) is 0.320. The maximum Gasteiger partial charge on any atom is 0.349 e. The van der Waals surface area contributed by atoms with Gasteiger partial charge in [-0.15, -0.1) is 0 Å². The maximum absolute atomic E-state index is 12.2. The number of esters is 1. The second kappa shape index (κ2) is 10.8. The summed E-state index contributed by atoms with van der Waals surface area (Å²) < 4.78 is 21.0. The molecule has 0 unspecified atom stereocenters. The SMILES string of the molecule is COCCNC(=O)c1cc2ccc(OC(=O)COc3ccc(C(C)C)c(C)c3)cc2oc1=O. The Labute approximate surface area is 191 Å². The van der Waals surface area contributed by atoms with Crippen molar-refractivity contribution in [2.75, 3.05) is 26.9 Å². The van der Waals surface area contributed by atoms with Crippen LogP contribution >= 0.6 is 0 Å². The molecule has 0 spiro atoms. The maximum atomic E-state index is 12.2. The van der Waals surface area contributed by atoms with Crippen molar-refractivity contribution in [3.05, 3.63) is 69.6 Å². The molecule has 0 aliphatic heterocycles. The van der Waals surface area contributed by atoms with Gasteiger partial charge in [0.25, 0.3) is 5.91 Å². The molecule has 1 N–H and O–H groups in total. The van der Waals surface area contributed by atoms with Gasteiger partial charge in [0.05, 0.1) is 6.61 Å². The molecule has 2 aromatic carbocycles. The molecule has 0 aliphatic carbocycles. The van der Waals surface area contributed by atoms with Crippen LogP contribution in [0.25, 0.3) is 11.0 Å². The first-order chi connectivity index (χ1) is 15.8. The molecular formula is C25H27NO7. The summed E-state index contributed by atoms with van der Waals surface area (Å²) in [6.07, 6.45) is 0. The zero-order valence-corrected chi connectivity index (χ0v) is 19.1. The summed E-state index contributed by atoms with van der Waals surface area (Å²) in [7, 11) is 1.51. The minimum absolute atomic E-state index is 0.115. The number of fused-ring (bicyclic) bond motifs is 1. The Kier molecular flexibility index (Phi) is 7.84. The van der Waals surface area contributed by atoms with Gasteiger partial charge in [-0.2, -0.15) is 0 Å². The number of amides is 1. The monoisotopic (exact) mass is 453 g/mol. The lowest BCUT2D eigenvalue weighted by Crippen LogP contribution is -2.30. The molecule has 0 bridgehead atoms. The van der Waals surface area contributed by atoms with Crippen LogP contribution in [0.3, 0.4) is 0 Å². The second-order valence-corrected chi connectivity index (χ2v) is 7.83. The fourth-order valence-corrected chi connectivity index (χ4v) is 3.36. The number of benzene rings is 2. The molecule has 33 heavy (non-hydrogen) atoms. The molecule has 3 aromatic rings. The van der Waals surface area contributed by atoms with Crippen molar-refractivity contribution >= 4 is 22.8 Å². The number of ether oxygens (including phenoxy) is 3. The fourth-order valence-electron chi connectivity index (χ4n) is 3.36. The lowest BCUT2D eigenvalue weighted by molar-refractivity contribution is -0.136. The number of carbonyl (C=O) groups excluding carboxylic acids is 2. The van der Waals surface area contributed by atoms with Crippen molar-refractivity contribution in [1.29, 1.82) is 0 Å². The molecule has 1 heterocycles. The smallest absolute Gasteiger partial charge is 0.349 e. The molecule has 1 aromatic heterocycles. The van der Waals surface area contributed by atoms with E-state index in [-0.39, 0.29) is 30.0 Å². The minimum Gasteiger partial charge on any atom is -0.482 e. The largest absolute Gasteiger partial charge is 0.482 e. The quantitative estimate of drug-likeness (QED) is 0.229. The van der Waals surface area contributed by atoms with Gasteiger partial charge in [0.1, 0.15) is 22.6 Å². The third-order valence-corrected chi connectivity index (χ3v) is 5.00. The topological polar surface area (TPSA) is 104 Å². The van der Waals surface area contributed by atoms with Crippen molar-refractivity contribution in [2.24, 2.45) is 0 Å². The Morgan fingerprint density at radius 3 is 2.52 bits per heavy atom. The third kappa shape index (κ3) is 6.20. The van der Waals surface area contributed by atoms with Crippen LogP contribution in [-0.4, -0.2) is 38.7 Å². The molecular weight excluding hydrogens is 426 g/mol. The number of methoxy groups -OCH3 is 1.